The molecule has 3 aliphatic rings. The molecule has 2 bridgehead atoms. The van der Waals surface area contributed by atoms with Crippen molar-refractivity contribution in [2.45, 2.75) is 56.2 Å². The van der Waals surface area contributed by atoms with Crippen LogP contribution in [-0.2, 0) is 14.3 Å². The fourth-order valence-corrected chi connectivity index (χ4v) is 5.23. The number of hydrogen-bond donors (Lipinski definition) is 3. The average Bonchev–Trinajstić information content (AvgIpc) is 3.00. The molecule has 1 aromatic carbocycles. The molecule has 0 amide bonds. The number of hydrogen-bond acceptors (Lipinski definition) is 6. The Labute approximate surface area is 197 Å². The van der Waals surface area contributed by atoms with Crippen LogP contribution in [0, 0.1) is 0 Å². The second kappa shape index (κ2) is 11.9. The van der Waals surface area contributed by atoms with Crippen molar-refractivity contribution < 1.29 is 29.0 Å². The summed E-state index contributed by atoms with van der Waals surface area (Å²) in [4.78, 5) is 25.1. The van der Waals surface area contributed by atoms with Gasteiger partial charge in [-0.15, -0.1) is 0 Å². The number of carbonyl (C=O) groups is 2. The Hall–Kier alpha value is -2.00. The lowest BCUT2D eigenvalue weighted by molar-refractivity contribution is -0.910. The van der Waals surface area contributed by atoms with Gasteiger partial charge in [0.15, 0.2) is 0 Å². The second-order valence-electron chi connectivity index (χ2n) is 9.91. The average molecular weight is 463 g/mol. The first kappa shape index (κ1) is 25.6. The lowest BCUT2D eigenvalue weighted by Gasteiger charge is -2.37. The number of rotatable bonds is 7. The van der Waals surface area contributed by atoms with Crippen LogP contribution in [0.5, 0.6) is 0 Å². The van der Waals surface area contributed by atoms with E-state index < -0.39 is 11.9 Å². The van der Waals surface area contributed by atoms with E-state index in [0.717, 1.165) is 55.6 Å². The Bertz CT molecular complexity index is 755. The number of fused-ring (bicyclic) bond motifs is 2. The number of piperidine rings is 1. The normalized spacial score (nSPS) is 27.2. The van der Waals surface area contributed by atoms with Gasteiger partial charge in [-0.1, -0.05) is 30.3 Å². The van der Waals surface area contributed by atoms with Gasteiger partial charge in [0.05, 0.1) is 39.7 Å². The molecule has 0 aliphatic carbocycles. The predicted octanol–water partition coefficient (Wildman–Crippen LogP) is 1.44. The van der Waals surface area contributed by atoms with Gasteiger partial charge in [0, 0.05) is 25.2 Å². The Morgan fingerprint density at radius 3 is 2.30 bits per heavy atom. The maximum atomic E-state index is 12.4. The molecule has 3 aliphatic heterocycles. The van der Waals surface area contributed by atoms with E-state index in [-0.39, 0.29) is 25.1 Å². The van der Waals surface area contributed by atoms with Crippen molar-refractivity contribution in [3.05, 3.63) is 35.9 Å². The Morgan fingerprint density at radius 2 is 1.76 bits per heavy atom. The third kappa shape index (κ3) is 7.24. The summed E-state index contributed by atoms with van der Waals surface area (Å²) in [5.41, 5.74) is 0.820. The molecule has 8 heteroatoms. The molecular formula is C25H40N3O5+. The number of aliphatic carboxylic acids is 1. The van der Waals surface area contributed by atoms with Crippen LogP contribution in [0.2, 0.25) is 0 Å². The standard InChI is InChI=1S/C17H23NO3.C8H16N2O2/c1-18-13-7-8-14(18)10-15(9-13)21-17(20)16(11-19)12-5-3-2-4-6-12;1-10(5-2-8(11)12)6-3-9-4-7-10/h2-6,13-16,19H,7-11H2,1H3;9H,2-7H2,1H3/p+1/t13-,14+,15?,16?;. The molecule has 33 heavy (non-hydrogen) atoms. The molecule has 3 heterocycles. The number of piperazine rings is 1. The molecule has 0 spiro atoms. The van der Waals surface area contributed by atoms with Crippen LogP contribution in [0.1, 0.15) is 43.6 Å². The molecule has 1 aromatic rings. The fourth-order valence-electron chi connectivity index (χ4n) is 5.23. The van der Waals surface area contributed by atoms with Gasteiger partial charge in [-0.05, 0) is 38.3 Å². The zero-order valence-corrected chi connectivity index (χ0v) is 20.0. The van der Waals surface area contributed by atoms with E-state index in [4.69, 9.17) is 9.84 Å². The van der Waals surface area contributed by atoms with Gasteiger partial charge in [0.25, 0.3) is 0 Å². The molecule has 8 nitrogen and oxygen atoms in total. The number of ether oxygens (including phenoxy) is 1. The maximum Gasteiger partial charge on any atom is 0.316 e. The number of nitrogens with zero attached hydrogens (tertiary/aromatic N) is 2. The summed E-state index contributed by atoms with van der Waals surface area (Å²) in [5.74, 6) is -1.55. The van der Waals surface area contributed by atoms with Crippen LogP contribution in [0.3, 0.4) is 0 Å². The molecule has 3 saturated heterocycles. The van der Waals surface area contributed by atoms with Crippen molar-refractivity contribution in [2.24, 2.45) is 0 Å². The smallest absolute Gasteiger partial charge is 0.316 e. The van der Waals surface area contributed by atoms with Crippen LogP contribution in [0.4, 0.5) is 0 Å². The summed E-state index contributed by atoms with van der Waals surface area (Å²) in [6.45, 7) is 4.67. The lowest BCUT2D eigenvalue weighted by atomic mass is 9.98. The number of aliphatic hydroxyl groups excluding tert-OH is 1. The minimum Gasteiger partial charge on any atom is -0.481 e. The first-order valence-electron chi connectivity index (χ1n) is 12.2. The topological polar surface area (TPSA) is 99.1 Å². The van der Waals surface area contributed by atoms with Crippen molar-refractivity contribution in [1.29, 1.82) is 0 Å². The minimum atomic E-state index is -0.687. The Balaban J connectivity index is 0.000000218. The molecule has 184 valence electrons. The molecular weight excluding hydrogens is 422 g/mol. The van der Waals surface area contributed by atoms with Crippen molar-refractivity contribution >= 4 is 11.9 Å². The first-order valence-corrected chi connectivity index (χ1v) is 12.2. The van der Waals surface area contributed by atoms with Crippen molar-refractivity contribution in [1.82, 2.24) is 10.2 Å². The van der Waals surface area contributed by atoms with Gasteiger partial charge in [0.2, 0.25) is 0 Å². The molecule has 2 unspecified atom stereocenters. The highest BCUT2D eigenvalue weighted by molar-refractivity contribution is 5.78. The van der Waals surface area contributed by atoms with Crippen molar-refractivity contribution in [2.75, 3.05) is 53.4 Å². The van der Waals surface area contributed by atoms with Crippen LogP contribution >= 0.6 is 0 Å². The first-order chi connectivity index (χ1) is 15.8. The highest BCUT2D eigenvalue weighted by Gasteiger charge is 2.40. The third-order valence-corrected chi connectivity index (χ3v) is 7.53. The molecule has 4 rings (SSSR count). The van der Waals surface area contributed by atoms with E-state index in [1.165, 1.54) is 12.8 Å². The van der Waals surface area contributed by atoms with E-state index in [2.05, 4.69) is 24.3 Å². The van der Waals surface area contributed by atoms with E-state index in [9.17, 15) is 14.7 Å². The van der Waals surface area contributed by atoms with E-state index in [1.54, 1.807) is 0 Å². The molecule has 0 aromatic heterocycles. The van der Waals surface area contributed by atoms with Crippen LogP contribution in [0.25, 0.3) is 0 Å². The SMILES string of the molecule is CN1[C@@H]2CC[C@H]1CC(OC(=O)C(CO)c1ccccc1)C2.C[N+]1(CCC(=O)O)CCNCC1. The number of benzene rings is 1. The number of carbonyl (C=O) groups excluding carboxylic acids is 1. The number of carboxylic acids is 1. The number of aliphatic hydroxyl groups is 1. The summed E-state index contributed by atoms with van der Waals surface area (Å²) in [7, 11) is 4.30. The summed E-state index contributed by atoms with van der Waals surface area (Å²) in [5, 5.41) is 21.3. The van der Waals surface area contributed by atoms with Crippen LogP contribution < -0.4 is 5.32 Å². The van der Waals surface area contributed by atoms with Crippen LogP contribution in [-0.4, -0.2) is 103 Å². The van der Waals surface area contributed by atoms with Gasteiger partial charge >= 0.3 is 11.9 Å². The predicted molar refractivity (Wildman–Crippen MR) is 126 cm³/mol. The van der Waals surface area contributed by atoms with Gasteiger partial charge in [0.1, 0.15) is 12.0 Å². The van der Waals surface area contributed by atoms with Gasteiger partial charge in [-0.25, -0.2) is 0 Å². The van der Waals surface area contributed by atoms with E-state index in [1.807, 2.05) is 30.3 Å². The fraction of sp³-hybridized carbons (Fsp3) is 0.680. The quantitative estimate of drug-likeness (QED) is 0.417. The largest absolute Gasteiger partial charge is 0.481 e. The van der Waals surface area contributed by atoms with Crippen molar-refractivity contribution in [3.63, 3.8) is 0 Å². The Kier molecular flexibility index (Phi) is 9.26. The highest BCUT2D eigenvalue weighted by Crippen LogP contribution is 2.36. The number of quaternary nitrogens is 1. The van der Waals surface area contributed by atoms with Gasteiger partial charge in [-0.3, -0.25) is 9.59 Å². The molecule has 3 fully saturated rings. The summed E-state index contributed by atoms with van der Waals surface area (Å²) in [6, 6.07) is 10.5. The molecule has 0 saturated carbocycles. The van der Waals surface area contributed by atoms with Crippen LogP contribution in [0.15, 0.2) is 30.3 Å². The molecule has 0 radical (unpaired) electrons. The zero-order valence-electron chi connectivity index (χ0n) is 20.0. The zero-order chi connectivity index (χ0) is 23.8. The lowest BCUT2D eigenvalue weighted by Crippen LogP contribution is -2.56. The monoisotopic (exact) mass is 462 g/mol. The minimum absolute atomic E-state index is 0.00367. The molecule has 4 atom stereocenters. The summed E-state index contributed by atoms with van der Waals surface area (Å²) >= 11 is 0. The van der Waals surface area contributed by atoms with Gasteiger partial charge < -0.3 is 29.6 Å². The maximum absolute atomic E-state index is 12.4. The highest BCUT2D eigenvalue weighted by atomic mass is 16.5. The van der Waals surface area contributed by atoms with Crippen molar-refractivity contribution in [3.8, 4) is 0 Å². The summed E-state index contributed by atoms with van der Waals surface area (Å²) in [6.07, 6.45) is 4.55. The number of likely N-dealkylation sites (N-methyl/N-ethyl adjacent to an activating group) is 1. The number of carboxylic acid groups (broad SMARTS) is 1. The third-order valence-electron chi connectivity index (χ3n) is 7.53. The summed E-state index contributed by atoms with van der Waals surface area (Å²) < 4.78 is 6.60. The number of esters is 1. The van der Waals surface area contributed by atoms with Gasteiger partial charge in [-0.2, -0.15) is 0 Å². The molecule has 3 N–H and O–H groups in total. The number of nitrogens with one attached hydrogen (secondary N) is 1. The second-order valence-corrected chi connectivity index (χ2v) is 9.91. The Morgan fingerprint density at radius 1 is 1.15 bits per heavy atom. The van der Waals surface area contributed by atoms with E-state index >= 15 is 0 Å². The van der Waals surface area contributed by atoms with E-state index in [0.29, 0.717) is 12.1 Å².